The van der Waals surface area contributed by atoms with Crippen LogP contribution in [0.2, 0.25) is 0 Å². The Balaban J connectivity index is 1.44. The van der Waals surface area contributed by atoms with Gasteiger partial charge in [-0.3, -0.25) is 4.79 Å². The van der Waals surface area contributed by atoms with Gasteiger partial charge in [0.2, 0.25) is 0 Å². The van der Waals surface area contributed by atoms with Crippen molar-refractivity contribution in [3.05, 3.63) is 24.2 Å². The maximum absolute atomic E-state index is 13.1. The number of rotatable bonds is 5. The second kappa shape index (κ2) is 8.62. The molecule has 2 aromatic heterocycles. The first-order valence-electron chi connectivity index (χ1n) is 11.0. The van der Waals surface area contributed by atoms with Crippen molar-refractivity contribution in [1.82, 2.24) is 24.8 Å². The maximum atomic E-state index is 13.1. The fourth-order valence-corrected chi connectivity index (χ4v) is 4.93. The van der Waals surface area contributed by atoms with Gasteiger partial charge in [0.05, 0.1) is 18.6 Å². The quantitative estimate of drug-likeness (QED) is 0.761. The van der Waals surface area contributed by atoms with Crippen molar-refractivity contribution >= 4 is 23.2 Å². The molecular formula is C22H31N5O3. The Hall–Kier alpha value is -2.64. The number of amides is 2. The van der Waals surface area contributed by atoms with Crippen LogP contribution in [0.3, 0.4) is 0 Å². The van der Waals surface area contributed by atoms with Crippen LogP contribution < -0.4 is 5.32 Å². The van der Waals surface area contributed by atoms with Crippen LogP contribution >= 0.6 is 0 Å². The Kier molecular flexibility index (Phi) is 5.92. The van der Waals surface area contributed by atoms with E-state index in [1.54, 1.807) is 6.20 Å². The molecule has 0 radical (unpaired) electrons. The highest BCUT2D eigenvalue weighted by Gasteiger charge is 2.39. The third-order valence-corrected chi connectivity index (χ3v) is 6.47. The van der Waals surface area contributed by atoms with Crippen LogP contribution in [0, 0.1) is 0 Å². The van der Waals surface area contributed by atoms with Crippen LogP contribution in [0.1, 0.15) is 63.6 Å². The summed E-state index contributed by atoms with van der Waals surface area (Å²) < 4.78 is 7.21. The van der Waals surface area contributed by atoms with E-state index in [0.29, 0.717) is 19.7 Å². The number of likely N-dealkylation sites (tertiary alicyclic amines) is 1. The lowest BCUT2D eigenvalue weighted by Crippen LogP contribution is -2.55. The largest absolute Gasteiger partial charge is 0.466 e. The lowest BCUT2D eigenvalue weighted by Gasteiger charge is -2.38. The number of pyridine rings is 1. The van der Waals surface area contributed by atoms with E-state index in [-0.39, 0.29) is 24.3 Å². The summed E-state index contributed by atoms with van der Waals surface area (Å²) in [5.74, 6) is 0.923. The molecule has 2 amide bonds. The zero-order valence-electron chi connectivity index (χ0n) is 17.9. The normalized spacial score (nSPS) is 21.0. The molecule has 2 fully saturated rings. The third-order valence-electron chi connectivity index (χ3n) is 6.47. The summed E-state index contributed by atoms with van der Waals surface area (Å²) in [5, 5.41) is 3.22. The number of carbonyl (C=O) groups excluding carboxylic acids is 2. The van der Waals surface area contributed by atoms with E-state index in [1.807, 2.05) is 35.6 Å². The zero-order valence-corrected chi connectivity index (χ0v) is 17.9. The monoisotopic (exact) mass is 413 g/mol. The van der Waals surface area contributed by atoms with E-state index < -0.39 is 5.54 Å². The summed E-state index contributed by atoms with van der Waals surface area (Å²) in [4.78, 5) is 36.3. The summed E-state index contributed by atoms with van der Waals surface area (Å²) >= 11 is 0. The standard InChI is InChI=1S/C22H31N5O3/c1-3-30-18(28)14-22(10-5-4-6-11-22)25-21(29)27-13-9-16(15-27)19-24-17-8-7-12-23-20(17)26(19)2/h7-8,12,16H,3-6,9-11,13-15H2,1-2H3,(H,25,29). The number of nitrogens with one attached hydrogen (secondary N) is 1. The average molecular weight is 414 g/mol. The van der Waals surface area contributed by atoms with Crippen LogP contribution in [0.5, 0.6) is 0 Å². The fourth-order valence-electron chi connectivity index (χ4n) is 4.93. The van der Waals surface area contributed by atoms with E-state index in [1.165, 1.54) is 0 Å². The molecule has 2 aliphatic rings. The molecule has 1 aliphatic carbocycles. The smallest absolute Gasteiger partial charge is 0.317 e. The molecule has 30 heavy (non-hydrogen) atoms. The van der Waals surface area contributed by atoms with Crippen LogP contribution in [-0.4, -0.2) is 56.7 Å². The average Bonchev–Trinajstić information content (AvgIpc) is 3.34. The van der Waals surface area contributed by atoms with E-state index in [4.69, 9.17) is 9.72 Å². The molecule has 1 atom stereocenters. The Morgan fingerprint density at radius 3 is 2.83 bits per heavy atom. The van der Waals surface area contributed by atoms with Gasteiger partial charge in [-0.25, -0.2) is 14.8 Å². The minimum Gasteiger partial charge on any atom is -0.466 e. The number of carbonyl (C=O) groups is 2. The fraction of sp³-hybridized carbons (Fsp3) is 0.636. The van der Waals surface area contributed by atoms with E-state index in [0.717, 1.165) is 55.5 Å². The molecule has 0 spiro atoms. The van der Waals surface area contributed by atoms with Gasteiger partial charge in [-0.2, -0.15) is 0 Å². The van der Waals surface area contributed by atoms with Gasteiger partial charge in [-0.05, 0) is 38.3 Å². The second-order valence-corrected chi connectivity index (χ2v) is 8.56. The first-order chi connectivity index (χ1) is 14.5. The number of aromatic nitrogens is 3. The lowest BCUT2D eigenvalue weighted by atomic mass is 9.79. The number of hydrogen-bond acceptors (Lipinski definition) is 5. The molecule has 8 nitrogen and oxygen atoms in total. The number of esters is 1. The SMILES string of the molecule is CCOC(=O)CC1(NC(=O)N2CCC(c3nc4cccnc4n3C)C2)CCCCC1. The van der Waals surface area contributed by atoms with E-state index >= 15 is 0 Å². The van der Waals surface area contributed by atoms with Gasteiger partial charge in [0.25, 0.3) is 0 Å². The van der Waals surface area contributed by atoms with Crippen LogP contribution in [0.25, 0.3) is 11.2 Å². The highest BCUT2D eigenvalue weighted by molar-refractivity contribution is 5.78. The van der Waals surface area contributed by atoms with Crippen molar-refractivity contribution < 1.29 is 14.3 Å². The summed E-state index contributed by atoms with van der Waals surface area (Å²) in [6.07, 6.45) is 7.74. The Bertz CT molecular complexity index is 919. The summed E-state index contributed by atoms with van der Waals surface area (Å²) in [6.45, 7) is 3.48. The molecular weight excluding hydrogens is 382 g/mol. The van der Waals surface area contributed by atoms with E-state index in [2.05, 4.69) is 10.3 Å². The first-order valence-corrected chi connectivity index (χ1v) is 11.0. The van der Waals surface area contributed by atoms with Crippen LogP contribution in [-0.2, 0) is 16.6 Å². The van der Waals surface area contributed by atoms with Gasteiger partial charge in [0.15, 0.2) is 5.65 Å². The van der Waals surface area contributed by atoms with Gasteiger partial charge in [-0.15, -0.1) is 0 Å². The summed E-state index contributed by atoms with van der Waals surface area (Å²) in [6, 6.07) is 3.77. The molecule has 3 heterocycles. The molecule has 1 saturated carbocycles. The lowest BCUT2D eigenvalue weighted by molar-refractivity contribution is -0.145. The number of nitrogens with zero attached hydrogens (tertiary/aromatic N) is 4. The number of fused-ring (bicyclic) bond motifs is 1. The van der Waals surface area contributed by atoms with Crippen LogP contribution in [0.15, 0.2) is 18.3 Å². The van der Waals surface area contributed by atoms with Crippen molar-refractivity contribution in [2.45, 2.75) is 63.3 Å². The summed E-state index contributed by atoms with van der Waals surface area (Å²) in [5.41, 5.74) is 1.26. The number of urea groups is 1. The Morgan fingerprint density at radius 2 is 2.10 bits per heavy atom. The van der Waals surface area contributed by atoms with Crippen molar-refractivity contribution in [3.63, 3.8) is 0 Å². The van der Waals surface area contributed by atoms with Crippen molar-refractivity contribution in [2.24, 2.45) is 7.05 Å². The Labute approximate surface area is 177 Å². The van der Waals surface area contributed by atoms with Gasteiger partial charge in [0.1, 0.15) is 11.3 Å². The summed E-state index contributed by atoms with van der Waals surface area (Å²) in [7, 11) is 1.98. The maximum Gasteiger partial charge on any atom is 0.317 e. The second-order valence-electron chi connectivity index (χ2n) is 8.56. The van der Waals surface area contributed by atoms with Crippen molar-refractivity contribution in [2.75, 3.05) is 19.7 Å². The molecule has 1 saturated heterocycles. The predicted octanol–water partition coefficient (Wildman–Crippen LogP) is 3.12. The molecule has 8 heteroatoms. The van der Waals surface area contributed by atoms with Gasteiger partial charge < -0.3 is 19.5 Å². The first kappa shape index (κ1) is 20.6. The highest BCUT2D eigenvalue weighted by Crippen LogP contribution is 2.33. The molecule has 162 valence electrons. The number of ether oxygens (including phenoxy) is 1. The minimum absolute atomic E-state index is 0.0828. The van der Waals surface area contributed by atoms with Gasteiger partial charge >= 0.3 is 12.0 Å². The molecule has 1 aliphatic heterocycles. The molecule has 2 aromatic rings. The molecule has 1 N–H and O–H groups in total. The van der Waals surface area contributed by atoms with E-state index in [9.17, 15) is 9.59 Å². The van der Waals surface area contributed by atoms with Crippen LogP contribution in [0.4, 0.5) is 4.79 Å². The molecule has 1 unspecified atom stereocenters. The molecule has 4 rings (SSSR count). The minimum atomic E-state index is -0.485. The zero-order chi connectivity index (χ0) is 21.1. The third kappa shape index (κ3) is 4.13. The number of aryl methyl sites for hydroxylation is 1. The van der Waals surface area contributed by atoms with Gasteiger partial charge in [0, 0.05) is 32.3 Å². The van der Waals surface area contributed by atoms with Gasteiger partial charge in [-0.1, -0.05) is 19.3 Å². The number of hydrogen-bond donors (Lipinski definition) is 1. The molecule has 0 aromatic carbocycles. The van der Waals surface area contributed by atoms with Crippen molar-refractivity contribution in [3.8, 4) is 0 Å². The Morgan fingerprint density at radius 1 is 1.30 bits per heavy atom. The highest BCUT2D eigenvalue weighted by atomic mass is 16.5. The number of imidazole rings is 1. The topological polar surface area (TPSA) is 89.3 Å². The molecule has 0 bridgehead atoms. The predicted molar refractivity (Wildman–Crippen MR) is 113 cm³/mol. The van der Waals surface area contributed by atoms with Crippen molar-refractivity contribution in [1.29, 1.82) is 0 Å².